The molecular weight excluding hydrogens is 344 g/mol. The van der Waals surface area contributed by atoms with Gasteiger partial charge in [0, 0.05) is 16.7 Å². The number of aromatic nitrogens is 3. The van der Waals surface area contributed by atoms with Crippen LogP contribution >= 0.6 is 15.9 Å². The molecule has 0 bridgehead atoms. The van der Waals surface area contributed by atoms with Crippen molar-refractivity contribution in [3.63, 3.8) is 0 Å². The molecule has 2 rings (SSSR count). The number of nitrogens with zero attached hydrogens (tertiary/aromatic N) is 4. The highest BCUT2D eigenvalue weighted by Crippen LogP contribution is 2.22. The lowest BCUT2D eigenvalue weighted by Gasteiger charge is -2.10. The SMILES string of the molecule is Cc1ccc(Nc2nncc(NCCCN(C)C)n2)cc1Br. The van der Waals surface area contributed by atoms with Gasteiger partial charge >= 0.3 is 0 Å². The van der Waals surface area contributed by atoms with Gasteiger partial charge in [-0.3, -0.25) is 0 Å². The van der Waals surface area contributed by atoms with Crippen LogP contribution in [0, 0.1) is 6.92 Å². The van der Waals surface area contributed by atoms with Gasteiger partial charge in [0.15, 0.2) is 5.82 Å². The van der Waals surface area contributed by atoms with E-state index in [0.29, 0.717) is 5.95 Å². The maximum atomic E-state index is 4.41. The summed E-state index contributed by atoms with van der Waals surface area (Å²) in [5.41, 5.74) is 2.10. The quantitative estimate of drug-likeness (QED) is 0.736. The number of rotatable bonds is 7. The second kappa shape index (κ2) is 8.05. The second-order valence-corrected chi connectivity index (χ2v) is 6.19. The Balaban J connectivity index is 1.94. The van der Waals surface area contributed by atoms with Crippen molar-refractivity contribution in [2.75, 3.05) is 37.8 Å². The fourth-order valence-electron chi connectivity index (χ4n) is 1.85. The first-order valence-corrected chi connectivity index (χ1v) is 7.95. The zero-order valence-electron chi connectivity index (χ0n) is 13.1. The number of nitrogens with one attached hydrogen (secondary N) is 2. The van der Waals surface area contributed by atoms with Gasteiger partial charge in [0.1, 0.15) is 0 Å². The molecule has 0 atom stereocenters. The fourth-order valence-corrected chi connectivity index (χ4v) is 2.23. The van der Waals surface area contributed by atoms with Crippen LogP contribution < -0.4 is 10.6 Å². The van der Waals surface area contributed by atoms with E-state index in [0.717, 1.165) is 35.5 Å². The number of benzene rings is 1. The largest absolute Gasteiger partial charge is 0.369 e. The molecule has 1 aromatic carbocycles. The number of aryl methyl sites for hydroxylation is 1. The average molecular weight is 365 g/mol. The number of anilines is 3. The van der Waals surface area contributed by atoms with E-state index in [-0.39, 0.29) is 0 Å². The van der Waals surface area contributed by atoms with E-state index in [1.165, 1.54) is 5.56 Å². The third kappa shape index (κ3) is 5.23. The molecule has 0 radical (unpaired) electrons. The molecule has 0 aliphatic carbocycles. The molecule has 0 saturated carbocycles. The van der Waals surface area contributed by atoms with E-state index in [2.05, 4.69) is 60.7 Å². The molecule has 7 heteroatoms. The van der Waals surface area contributed by atoms with Crippen molar-refractivity contribution in [1.82, 2.24) is 20.1 Å². The Morgan fingerprint density at radius 2 is 2.09 bits per heavy atom. The Bertz CT molecular complexity index is 617. The summed E-state index contributed by atoms with van der Waals surface area (Å²) < 4.78 is 1.04. The average Bonchev–Trinajstić information content (AvgIpc) is 2.48. The first kappa shape index (κ1) is 16.6. The lowest BCUT2D eigenvalue weighted by Crippen LogP contribution is -2.17. The lowest BCUT2D eigenvalue weighted by molar-refractivity contribution is 0.405. The van der Waals surface area contributed by atoms with Crippen molar-refractivity contribution in [2.24, 2.45) is 0 Å². The van der Waals surface area contributed by atoms with Crippen molar-refractivity contribution in [3.05, 3.63) is 34.4 Å². The molecule has 2 N–H and O–H groups in total. The molecule has 0 aliphatic rings. The Labute approximate surface area is 139 Å². The zero-order valence-corrected chi connectivity index (χ0v) is 14.7. The van der Waals surface area contributed by atoms with E-state index in [1.807, 2.05) is 25.1 Å². The van der Waals surface area contributed by atoms with Crippen molar-refractivity contribution in [1.29, 1.82) is 0 Å². The van der Waals surface area contributed by atoms with Crippen LogP contribution in [0.5, 0.6) is 0 Å². The highest BCUT2D eigenvalue weighted by molar-refractivity contribution is 9.10. The first-order valence-electron chi connectivity index (χ1n) is 7.16. The summed E-state index contributed by atoms with van der Waals surface area (Å²) in [6.07, 6.45) is 2.68. The lowest BCUT2D eigenvalue weighted by atomic mass is 10.2. The molecule has 118 valence electrons. The van der Waals surface area contributed by atoms with Crippen LogP contribution in [0.4, 0.5) is 17.5 Å². The van der Waals surface area contributed by atoms with Gasteiger partial charge in [0.25, 0.3) is 0 Å². The summed E-state index contributed by atoms with van der Waals surface area (Å²) in [7, 11) is 4.13. The summed E-state index contributed by atoms with van der Waals surface area (Å²) >= 11 is 3.51. The normalized spacial score (nSPS) is 10.8. The minimum absolute atomic E-state index is 0.480. The third-order valence-corrected chi connectivity index (χ3v) is 3.93. The maximum Gasteiger partial charge on any atom is 0.249 e. The van der Waals surface area contributed by atoms with E-state index in [1.54, 1.807) is 6.20 Å². The van der Waals surface area contributed by atoms with Crippen LogP contribution in [-0.2, 0) is 0 Å². The topological polar surface area (TPSA) is 66.0 Å². The molecule has 0 aliphatic heterocycles. The Morgan fingerprint density at radius 3 is 2.82 bits per heavy atom. The van der Waals surface area contributed by atoms with Crippen LogP contribution in [0.3, 0.4) is 0 Å². The van der Waals surface area contributed by atoms with Crippen LogP contribution in [0.2, 0.25) is 0 Å². The van der Waals surface area contributed by atoms with Gasteiger partial charge < -0.3 is 15.5 Å². The van der Waals surface area contributed by atoms with Crippen molar-refractivity contribution in [2.45, 2.75) is 13.3 Å². The van der Waals surface area contributed by atoms with E-state index in [9.17, 15) is 0 Å². The van der Waals surface area contributed by atoms with Gasteiger partial charge in [-0.2, -0.15) is 10.1 Å². The standard InChI is InChI=1S/C15H21BrN6/c1-11-5-6-12(9-13(11)16)19-15-20-14(10-18-21-15)17-7-4-8-22(2)3/h5-6,9-10H,4,7-8H2,1-3H3,(H2,17,19,20,21). The van der Waals surface area contributed by atoms with Crippen molar-refractivity contribution < 1.29 is 0 Å². The van der Waals surface area contributed by atoms with Gasteiger partial charge in [-0.15, -0.1) is 5.10 Å². The summed E-state index contributed by atoms with van der Waals surface area (Å²) in [6.45, 7) is 3.94. The fraction of sp³-hybridized carbons (Fsp3) is 0.400. The van der Waals surface area contributed by atoms with Gasteiger partial charge in [-0.25, -0.2) is 0 Å². The van der Waals surface area contributed by atoms with E-state index in [4.69, 9.17) is 0 Å². The number of halogens is 1. The predicted molar refractivity (Wildman–Crippen MR) is 93.6 cm³/mol. The molecule has 1 heterocycles. The molecule has 2 aromatic rings. The summed E-state index contributed by atoms with van der Waals surface area (Å²) in [6, 6.07) is 6.01. The monoisotopic (exact) mass is 364 g/mol. The molecular formula is C15H21BrN6. The molecule has 0 fully saturated rings. The highest BCUT2D eigenvalue weighted by atomic mass is 79.9. The first-order chi connectivity index (χ1) is 10.5. The minimum Gasteiger partial charge on any atom is -0.369 e. The van der Waals surface area contributed by atoms with Crippen LogP contribution in [0.25, 0.3) is 0 Å². The Kier molecular flexibility index (Phi) is 6.09. The van der Waals surface area contributed by atoms with Crippen LogP contribution in [-0.4, -0.2) is 47.3 Å². The Hall–Kier alpha value is -1.73. The predicted octanol–water partition coefficient (Wildman–Crippen LogP) is 3.05. The smallest absolute Gasteiger partial charge is 0.249 e. The highest BCUT2D eigenvalue weighted by Gasteiger charge is 2.03. The van der Waals surface area contributed by atoms with Gasteiger partial charge in [0.05, 0.1) is 6.20 Å². The van der Waals surface area contributed by atoms with Crippen molar-refractivity contribution in [3.8, 4) is 0 Å². The molecule has 0 amide bonds. The maximum absolute atomic E-state index is 4.41. The number of hydrogen-bond donors (Lipinski definition) is 2. The van der Waals surface area contributed by atoms with E-state index >= 15 is 0 Å². The zero-order chi connectivity index (χ0) is 15.9. The molecule has 0 saturated heterocycles. The second-order valence-electron chi connectivity index (χ2n) is 5.34. The molecule has 0 spiro atoms. The third-order valence-electron chi connectivity index (χ3n) is 3.08. The summed E-state index contributed by atoms with van der Waals surface area (Å²) in [4.78, 5) is 6.57. The van der Waals surface area contributed by atoms with Crippen LogP contribution in [0.1, 0.15) is 12.0 Å². The Morgan fingerprint density at radius 1 is 1.27 bits per heavy atom. The van der Waals surface area contributed by atoms with E-state index < -0.39 is 0 Å². The summed E-state index contributed by atoms with van der Waals surface area (Å²) in [5.74, 6) is 1.20. The molecule has 6 nitrogen and oxygen atoms in total. The number of hydrogen-bond acceptors (Lipinski definition) is 6. The van der Waals surface area contributed by atoms with Gasteiger partial charge in [0.2, 0.25) is 5.95 Å². The van der Waals surface area contributed by atoms with Gasteiger partial charge in [-0.1, -0.05) is 22.0 Å². The van der Waals surface area contributed by atoms with Crippen LogP contribution in [0.15, 0.2) is 28.9 Å². The summed E-state index contributed by atoms with van der Waals surface area (Å²) in [5, 5.41) is 14.4. The molecule has 1 aromatic heterocycles. The molecule has 22 heavy (non-hydrogen) atoms. The van der Waals surface area contributed by atoms with Gasteiger partial charge in [-0.05, 0) is 51.7 Å². The minimum atomic E-state index is 0.480. The van der Waals surface area contributed by atoms with Crippen molar-refractivity contribution >= 4 is 33.4 Å². The molecule has 0 unspecified atom stereocenters.